The number of rotatable bonds is 6. The first-order valence-corrected chi connectivity index (χ1v) is 10.7. The van der Waals surface area contributed by atoms with Crippen molar-refractivity contribution >= 4 is 5.96 Å². The van der Waals surface area contributed by atoms with Crippen molar-refractivity contribution in [2.75, 3.05) is 40.0 Å². The average Bonchev–Trinajstić information content (AvgIpc) is 3.25. The number of benzene rings is 2. The Hall–Kier alpha value is -2.60. The van der Waals surface area contributed by atoms with Crippen molar-refractivity contribution in [1.29, 1.82) is 0 Å². The van der Waals surface area contributed by atoms with Crippen LogP contribution in [0.2, 0.25) is 0 Å². The third-order valence-electron chi connectivity index (χ3n) is 6.18. The molecule has 1 fully saturated rings. The maximum Gasteiger partial charge on any atom is 0.191 e. The zero-order valence-electron chi connectivity index (χ0n) is 17.5. The molecule has 0 bridgehead atoms. The molecule has 0 aliphatic carbocycles. The Bertz CT molecular complexity index is 877. The van der Waals surface area contributed by atoms with E-state index in [2.05, 4.69) is 33.8 Å². The summed E-state index contributed by atoms with van der Waals surface area (Å²) < 4.78 is 24.6. The van der Waals surface area contributed by atoms with E-state index in [-0.39, 0.29) is 11.2 Å². The van der Waals surface area contributed by atoms with Crippen molar-refractivity contribution in [3.63, 3.8) is 0 Å². The zero-order chi connectivity index (χ0) is 20.8. The Morgan fingerprint density at radius 3 is 2.63 bits per heavy atom. The van der Waals surface area contributed by atoms with Crippen LogP contribution < -0.4 is 15.4 Å². The quantitative estimate of drug-likeness (QED) is 0.566. The van der Waals surface area contributed by atoms with Gasteiger partial charge in [-0.1, -0.05) is 24.3 Å². The number of aliphatic imine (C=N–C) groups is 1. The van der Waals surface area contributed by atoms with E-state index in [1.54, 1.807) is 19.2 Å². The maximum atomic E-state index is 13.4. The van der Waals surface area contributed by atoms with Gasteiger partial charge in [-0.2, -0.15) is 0 Å². The van der Waals surface area contributed by atoms with Crippen LogP contribution >= 0.6 is 0 Å². The fourth-order valence-corrected chi connectivity index (χ4v) is 4.33. The summed E-state index contributed by atoms with van der Waals surface area (Å²) in [5.74, 6) is 1.60. The Balaban J connectivity index is 1.33. The SMILES string of the molecule is CN=C(NCCc1ccc2c(c1)CCO2)NCC1(c2ccc(F)cc2)CCOCC1. The number of halogens is 1. The first-order chi connectivity index (χ1) is 14.7. The molecular weight excluding hydrogens is 381 g/mol. The van der Waals surface area contributed by atoms with Gasteiger partial charge in [0.05, 0.1) is 6.61 Å². The van der Waals surface area contributed by atoms with Crippen molar-refractivity contribution in [2.45, 2.75) is 31.1 Å². The van der Waals surface area contributed by atoms with Crippen molar-refractivity contribution < 1.29 is 13.9 Å². The molecule has 1 saturated heterocycles. The number of nitrogens with zero attached hydrogens (tertiary/aromatic N) is 1. The predicted octanol–water partition coefficient (Wildman–Crippen LogP) is 3.22. The van der Waals surface area contributed by atoms with E-state index >= 15 is 0 Å². The Morgan fingerprint density at radius 1 is 1.07 bits per heavy atom. The van der Waals surface area contributed by atoms with Gasteiger partial charge < -0.3 is 20.1 Å². The summed E-state index contributed by atoms with van der Waals surface area (Å²) in [6.45, 7) is 3.75. The highest BCUT2D eigenvalue weighted by Crippen LogP contribution is 2.34. The molecule has 0 unspecified atom stereocenters. The Labute approximate surface area is 177 Å². The van der Waals surface area contributed by atoms with Gasteiger partial charge in [-0.15, -0.1) is 0 Å². The molecule has 4 rings (SSSR count). The summed E-state index contributed by atoms with van der Waals surface area (Å²) >= 11 is 0. The fourth-order valence-electron chi connectivity index (χ4n) is 4.33. The maximum absolute atomic E-state index is 13.4. The molecule has 30 heavy (non-hydrogen) atoms. The molecule has 160 valence electrons. The molecule has 2 N–H and O–H groups in total. The van der Waals surface area contributed by atoms with Gasteiger partial charge >= 0.3 is 0 Å². The summed E-state index contributed by atoms with van der Waals surface area (Å²) in [5.41, 5.74) is 3.67. The molecule has 2 aromatic carbocycles. The van der Waals surface area contributed by atoms with Crippen LogP contribution in [0.3, 0.4) is 0 Å². The molecule has 2 aliphatic heterocycles. The van der Waals surface area contributed by atoms with Crippen LogP contribution in [-0.2, 0) is 23.0 Å². The predicted molar refractivity (Wildman–Crippen MR) is 117 cm³/mol. The standard InChI is InChI=1S/C24H30FN3O2/c1-26-23(27-12-8-18-2-7-22-19(16-18)9-13-30-22)28-17-24(10-14-29-15-11-24)20-3-5-21(25)6-4-20/h2-7,16H,8-15,17H2,1H3,(H2,26,27,28). The largest absolute Gasteiger partial charge is 0.493 e. The minimum Gasteiger partial charge on any atom is -0.493 e. The minimum absolute atomic E-state index is 0.0798. The lowest BCUT2D eigenvalue weighted by molar-refractivity contribution is 0.0513. The minimum atomic E-state index is -0.204. The molecule has 2 heterocycles. The molecule has 0 atom stereocenters. The third kappa shape index (κ3) is 4.75. The van der Waals surface area contributed by atoms with E-state index in [0.717, 1.165) is 62.7 Å². The van der Waals surface area contributed by atoms with Crippen LogP contribution in [0.1, 0.15) is 29.5 Å². The summed E-state index contributed by atoms with van der Waals surface area (Å²) in [5, 5.41) is 6.91. The highest BCUT2D eigenvalue weighted by molar-refractivity contribution is 5.79. The first-order valence-electron chi connectivity index (χ1n) is 10.7. The summed E-state index contributed by atoms with van der Waals surface area (Å²) in [7, 11) is 1.79. The van der Waals surface area contributed by atoms with E-state index in [1.807, 2.05) is 12.1 Å². The van der Waals surface area contributed by atoms with E-state index < -0.39 is 0 Å². The van der Waals surface area contributed by atoms with Gasteiger partial charge in [0.15, 0.2) is 5.96 Å². The fraction of sp³-hybridized carbons (Fsp3) is 0.458. The number of hydrogen-bond donors (Lipinski definition) is 2. The molecule has 0 radical (unpaired) electrons. The Kier molecular flexibility index (Phi) is 6.53. The second-order valence-corrected chi connectivity index (χ2v) is 8.04. The third-order valence-corrected chi connectivity index (χ3v) is 6.18. The summed E-state index contributed by atoms with van der Waals surface area (Å²) in [6.07, 6.45) is 3.72. The second kappa shape index (κ2) is 9.47. The monoisotopic (exact) mass is 411 g/mol. The molecular formula is C24H30FN3O2. The van der Waals surface area contributed by atoms with Crippen LogP contribution in [0.15, 0.2) is 47.5 Å². The van der Waals surface area contributed by atoms with Gasteiger partial charge in [-0.3, -0.25) is 4.99 Å². The van der Waals surface area contributed by atoms with Crippen molar-refractivity contribution in [1.82, 2.24) is 10.6 Å². The summed E-state index contributed by atoms with van der Waals surface area (Å²) in [6, 6.07) is 13.3. The second-order valence-electron chi connectivity index (χ2n) is 8.04. The van der Waals surface area contributed by atoms with Crippen LogP contribution in [0, 0.1) is 5.82 Å². The van der Waals surface area contributed by atoms with Gasteiger partial charge in [-0.25, -0.2) is 4.39 Å². The topological polar surface area (TPSA) is 54.9 Å². The first kappa shape index (κ1) is 20.7. The van der Waals surface area contributed by atoms with Crippen molar-refractivity contribution in [2.24, 2.45) is 4.99 Å². The van der Waals surface area contributed by atoms with Crippen LogP contribution in [0.5, 0.6) is 5.75 Å². The van der Waals surface area contributed by atoms with Gasteiger partial charge in [0.2, 0.25) is 0 Å². The van der Waals surface area contributed by atoms with Crippen LogP contribution in [0.4, 0.5) is 4.39 Å². The van der Waals surface area contributed by atoms with Crippen LogP contribution in [0.25, 0.3) is 0 Å². The highest BCUT2D eigenvalue weighted by Gasteiger charge is 2.34. The normalized spacial score (nSPS) is 17.9. The average molecular weight is 412 g/mol. The summed E-state index contributed by atoms with van der Waals surface area (Å²) in [4.78, 5) is 4.38. The molecule has 0 amide bonds. The van der Waals surface area contributed by atoms with Gasteiger partial charge in [-0.05, 0) is 54.2 Å². The lowest BCUT2D eigenvalue weighted by Gasteiger charge is -2.38. The number of ether oxygens (including phenoxy) is 2. The molecule has 5 nitrogen and oxygen atoms in total. The van der Waals surface area contributed by atoms with Gasteiger partial charge in [0.1, 0.15) is 11.6 Å². The lowest BCUT2D eigenvalue weighted by atomic mass is 9.74. The lowest BCUT2D eigenvalue weighted by Crippen LogP contribution is -2.48. The molecule has 0 saturated carbocycles. The molecule has 0 spiro atoms. The van der Waals surface area contributed by atoms with Crippen molar-refractivity contribution in [3.05, 3.63) is 65.0 Å². The number of guanidine groups is 1. The van der Waals surface area contributed by atoms with Gasteiger partial charge in [0.25, 0.3) is 0 Å². The molecule has 6 heteroatoms. The zero-order valence-corrected chi connectivity index (χ0v) is 17.5. The van der Waals surface area contributed by atoms with Gasteiger partial charge in [0, 0.05) is 45.2 Å². The number of hydrogen-bond acceptors (Lipinski definition) is 3. The van der Waals surface area contributed by atoms with E-state index in [9.17, 15) is 4.39 Å². The smallest absolute Gasteiger partial charge is 0.191 e. The van der Waals surface area contributed by atoms with E-state index in [4.69, 9.17) is 9.47 Å². The number of nitrogens with one attached hydrogen (secondary N) is 2. The van der Waals surface area contributed by atoms with Crippen LogP contribution in [-0.4, -0.2) is 45.9 Å². The van der Waals surface area contributed by atoms with Crippen molar-refractivity contribution in [3.8, 4) is 5.75 Å². The number of fused-ring (bicyclic) bond motifs is 1. The molecule has 0 aromatic heterocycles. The van der Waals surface area contributed by atoms with E-state index in [1.165, 1.54) is 11.1 Å². The van der Waals surface area contributed by atoms with E-state index in [0.29, 0.717) is 13.2 Å². The molecule has 2 aliphatic rings. The Morgan fingerprint density at radius 2 is 1.87 bits per heavy atom. The molecule has 2 aromatic rings. The highest BCUT2D eigenvalue weighted by atomic mass is 19.1.